The van der Waals surface area contributed by atoms with Crippen LogP contribution in [0.1, 0.15) is 17.2 Å². The van der Waals surface area contributed by atoms with Gasteiger partial charge in [-0.25, -0.2) is 0 Å². The highest BCUT2D eigenvalue weighted by atomic mass is 35.5. The van der Waals surface area contributed by atoms with E-state index in [4.69, 9.17) is 11.6 Å². The van der Waals surface area contributed by atoms with E-state index >= 15 is 0 Å². The standard InChI is InChI=1S/C15H12ClF3O2/c1-9-6-7-10-4-2-3-5-11(10)13(9)14(15(17,18)19)21-12(20)8-16/h2-7,14H,8H2,1H3/t14-/m0/s1. The molecule has 0 amide bonds. The first-order chi connectivity index (χ1) is 9.84. The third-order valence-electron chi connectivity index (χ3n) is 3.11. The van der Waals surface area contributed by atoms with E-state index in [0.29, 0.717) is 16.3 Å². The van der Waals surface area contributed by atoms with Crippen LogP contribution in [0.2, 0.25) is 0 Å². The van der Waals surface area contributed by atoms with E-state index in [1.54, 1.807) is 43.3 Å². The number of halogens is 4. The zero-order valence-corrected chi connectivity index (χ0v) is 11.8. The predicted octanol–water partition coefficient (Wildman–Crippen LogP) is 4.53. The average Bonchev–Trinajstić information content (AvgIpc) is 2.44. The van der Waals surface area contributed by atoms with Crippen LogP contribution < -0.4 is 0 Å². The van der Waals surface area contributed by atoms with Gasteiger partial charge in [0.2, 0.25) is 6.10 Å². The Balaban J connectivity index is 2.64. The van der Waals surface area contributed by atoms with Gasteiger partial charge in [-0.1, -0.05) is 36.4 Å². The molecule has 0 aliphatic carbocycles. The fourth-order valence-electron chi connectivity index (χ4n) is 2.20. The summed E-state index contributed by atoms with van der Waals surface area (Å²) >= 11 is 5.25. The van der Waals surface area contributed by atoms with Gasteiger partial charge >= 0.3 is 12.1 Å². The molecule has 0 N–H and O–H groups in total. The largest absolute Gasteiger partial charge is 0.447 e. The summed E-state index contributed by atoms with van der Waals surface area (Å²) in [6, 6.07) is 9.95. The number of carbonyl (C=O) groups excluding carboxylic acids is 1. The van der Waals surface area contributed by atoms with Crippen LogP contribution in [0.15, 0.2) is 36.4 Å². The number of esters is 1. The Morgan fingerprint density at radius 2 is 1.90 bits per heavy atom. The summed E-state index contributed by atoms with van der Waals surface area (Å²) in [5, 5.41) is 1.05. The van der Waals surface area contributed by atoms with Gasteiger partial charge in [0, 0.05) is 5.56 Å². The molecule has 2 nitrogen and oxygen atoms in total. The molecule has 1 atom stereocenters. The number of hydrogen-bond acceptors (Lipinski definition) is 2. The van der Waals surface area contributed by atoms with Crippen LogP contribution in [0, 0.1) is 6.92 Å². The van der Waals surface area contributed by atoms with Crippen molar-refractivity contribution in [3.63, 3.8) is 0 Å². The molecular formula is C15H12ClF3O2. The van der Waals surface area contributed by atoms with Gasteiger partial charge in [0.15, 0.2) is 0 Å². The van der Waals surface area contributed by atoms with Gasteiger partial charge in [-0.15, -0.1) is 11.6 Å². The number of aryl methyl sites for hydroxylation is 1. The number of rotatable bonds is 3. The van der Waals surface area contributed by atoms with E-state index in [9.17, 15) is 18.0 Å². The Morgan fingerprint density at radius 1 is 1.24 bits per heavy atom. The molecule has 6 heteroatoms. The van der Waals surface area contributed by atoms with Crippen LogP contribution in [0.4, 0.5) is 13.2 Å². The predicted molar refractivity (Wildman–Crippen MR) is 74.3 cm³/mol. The molecule has 0 aliphatic heterocycles. The lowest BCUT2D eigenvalue weighted by atomic mass is 9.95. The first-order valence-electron chi connectivity index (χ1n) is 6.15. The Hall–Kier alpha value is -1.75. The summed E-state index contributed by atoms with van der Waals surface area (Å²) in [4.78, 5) is 11.2. The van der Waals surface area contributed by atoms with Gasteiger partial charge in [-0.2, -0.15) is 13.2 Å². The second-order valence-electron chi connectivity index (χ2n) is 4.56. The third kappa shape index (κ3) is 3.29. The minimum atomic E-state index is -4.71. The van der Waals surface area contributed by atoms with E-state index in [1.165, 1.54) is 0 Å². The van der Waals surface area contributed by atoms with Crippen molar-refractivity contribution >= 4 is 28.3 Å². The van der Waals surface area contributed by atoms with Crippen molar-refractivity contribution in [3.05, 3.63) is 47.5 Å². The molecular weight excluding hydrogens is 305 g/mol. The lowest BCUT2D eigenvalue weighted by Gasteiger charge is -2.23. The molecule has 0 aliphatic rings. The van der Waals surface area contributed by atoms with E-state index in [2.05, 4.69) is 4.74 Å². The molecule has 0 radical (unpaired) electrons. The van der Waals surface area contributed by atoms with Crippen molar-refractivity contribution in [3.8, 4) is 0 Å². The zero-order chi connectivity index (χ0) is 15.6. The Kier molecular flexibility index (Phi) is 4.42. The van der Waals surface area contributed by atoms with E-state index in [-0.39, 0.29) is 5.56 Å². The summed E-state index contributed by atoms with van der Waals surface area (Å²) in [7, 11) is 0. The Bertz CT molecular complexity index is 668. The fraction of sp³-hybridized carbons (Fsp3) is 0.267. The maximum atomic E-state index is 13.3. The maximum absolute atomic E-state index is 13.3. The number of hydrogen-bond donors (Lipinski definition) is 0. The lowest BCUT2D eigenvalue weighted by molar-refractivity contribution is -0.222. The Labute approximate surface area is 124 Å². The molecule has 0 spiro atoms. The average molecular weight is 317 g/mol. The summed E-state index contributed by atoms with van der Waals surface area (Å²) in [5.74, 6) is -1.73. The Morgan fingerprint density at radius 3 is 2.52 bits per heavy atom. The summed E-state index contributed by atoms with van der Waals surface area (Å²) in [6.07, 6.45) is -7.04. The second-order valence-corrected chi connectivity index (χ2v) is 4.83. The molecule has 0 saturated heterocycles. The first-order valence-corrected chi connectivity index (χ1v) is 6.68. The zero-order valence-electron chi connectivity index (χ0n) is 11.1. The lowest BCUT2D eigenvalue weighted by Crippen LogP contribution is -2.27. The molecule has 2 rings (SSSR count). The molecule has 2 aromatic rings. The highest BCUT2D eigenvalue weighted by Gasteiger charge is 2.45. The monoisotopic (exact) mass is 316 g/mol. The van der Waals surface area contributed by atoms with Crippen LogP contribution in [-0.2, 0) is 9.53 Å². The van der Waals surface area contributed by atoms with Gasteiger partial charge < -0.3 is 4.74 Å². The van der Waals surface area contributed by atoms with Crippen molar-refractivity contribution in [2.24, 2.45) is 0 Å². The van der Waals surface area contributed by atoms with Crippen molar-refractivity contribution in [1.29, 1.82) is 0 Å². The van der Waals surface area contributed by atoms with E-state index in [0.717, 1.165) is 0 Å². The quantitative estimate of drug-likeness (QED) is 0.614. The smallest absolute Gasteiger partial charge is 0.429 e. The summed E-state index contributed by atoms with van der Waals surface area (Å²) in [5.41, 5.74) is 0.345. The molecule has 0 heterocycles. The molecule has 0 bridgehead atoms. The topological polar surface area (TPSA) is 26.3 Å². The summed E-state index contributed by atoms with van der Waals surface area (Å²) < 4.78 is 44.4. The van der Waals surface area contributed by atoms with Crippen LogP contribution >= 0.6 is 11.6 Å². The van der Waals surface area contributed by atoms with Gasteiger partial charge in [-0.3, -0.25) is 4.79 Å². The SMILES string of the molecule is Cc1ccc2ccccc2c1[C@H](OC(=O)CCl)C(F)(F)F. The number of ether oxygens (including phenoxy) is 1. The molecule has 0 aromatic heterocycles. The minimum Gasteiger partial charge on any atom is -0.447 e. The second kappa shape index (κ2) is 5.93. The van der Waals surface area contributed by atoms with E-state index < -0.39 is 24.1 Å². The van der Waals surface area contributed by atoms with Crippen molar-refractivity contribution in [2.45, 2.75) is 19.2 Å². The van der Waals surface area contributed by atoms with E-state index in [1.807, 2.05) is 0 Å². The van der Waals surface area contributed by atoms with Gasteiger partial charge in [-0.05, 0) is 23.3 Å². The molecule has 2 aromatic carbocycles. The van der Waals surface area contributed by atoms with Gasteiger partial charge in [0.25, 0.3) is 0 Å². The molecule has 112 valence electrons. The molecule has 0 saturated carbocycles. The maximum Gasteiger partial charge on any atom is 0.429 e. The van der Waals surface area contributed by atoms with Crippen LogP contribution in [0.3, 0.4) is 0 Å². The van der Waals surface area contributed by atoms with Crippen molar-refractivity contribution in [1.82, 2.24) is 0 Å². The molecule has 0 fully saturated rings. The molecule has 0 unspecified atom stereocenters. The van der Waals surface area contributed by atoms with Crippen LogP contribution in [0.5, 0.6) is 0 Å². The third-order valence-corrected chi connectivity index (χ3v) is 3.32. The van der Waals surface area contributed by atoms with Crippen molar-refractivity contribution in [2.75, 3.05) is 5.88 Å². The van der Waals surface area contributed by atoms with Gasteiger partial charge in [0.05, 0.1) is 0 Å². The number of benzene rings is 2. The highest BCUT2D eigenvalue weighted by molar-refractivity contribution is 6.26. The fourth-order valence-corrected chi connectivity index (χ4v) is 2.27. The first kappa shape index (κ1) is 15.6. The summed E-state index contributed by atoms with van der Waals surface area (Å²) in [6.45, 7) is 1.55. The van der Waals surface area contributed by atoms with Gasteiger partial charge in [0.1, 0.15) is 5.88 Å². The number of carbonyl (C=O) groups is 1. The number of fused-ring (bicyclic) bond motifs is 1. The minimum absolute atomic E-state index is 0.0564. The number of alkyl halides is 4. The van der Waals surface area contributed by atoms with Crippen molar-refractivity contribution < 1.29 is 22.7 Å². The van der Waals surface area contributed by atoms with Crippen LogP contribution in [0.25, 0.3) is 10.8 Å². The van der Waals surface area contributed by atoms with Crippen LogP contribution in [-0.4, -0.2) is 18.0 Å². The highest BCUT2D eigenvalue weighted by Crippen LogP contribution is 2.40. The normalized spacial score (nSPS) is 13.2. The molecule has 21 heavy (non-hydrogen) atoms.